The summed E-state index contributed by atoms with van der Waals surface area (Å²) in [6.45, 7) is 14.9. The maximum absolute atomic E-state index is 13.9. The van der Waals surface area contributed by atoms with Gasteiger partial charge in [0.25, 0.3) is 0 Å². The fourth-order valence-corrected chi connectivity index (χ4v) is 6.44. The van der Waals surface area contributed by atoms with Crippen molar-refractivity contribution in [1.29, 1.82) is 0 Å². The first-order valence-electron chi connectivity index (χ1n) is 16.3. The topological polar surface area (TPSA) is 97.8 Å². The Morgan fingerprint density at radius 1 is 1.05 bits per heavy atom. The van der Waals surface area contributed by atoms with Crippen LogP contribution in [0.2, 0.25) is 0 Å². The smallest absolute Gasteiger partial charge is 0.243 e. The van der Waals surface area contributed by atoms with Crippen LogP contribution in [0, 0.1) is 24.2 Å². The molecule has 0 bridgehead atoms. The Morgan fingerprint density at radius 3 is 2.41 bits per heavy atom. The van der Waals surface area contributed by atoms with Crippen molar-refractivity contribution < 1.29 is 23.9 Å². The summed E-state index contributed by atoms with van der Waals surface area (Å²) in [6.07, 6.45) is 6.16. The number of rotatable bonds is 18. The van der Waals surface area contributed by atoms with Crippen molar-refractivity contribution in [3.63, 3.8) is 0 Å². The highest BCUT2D eigenvalue weighted by Gasteiger charge is 2.43. The third kappa shape index (κ3) is 11.1. The zero-order valence-corrected chi connectivity index (χ0v) is 28.5. The third-order valence-corrected chi connectivity index (χ3v) is 9.26. The van der Waals surface area contributed by atoms with E-state index >= 15 is 0 Å². The van der Waals surface area contributed by atoms with Crippen LogP contribution in [0.3, 0.4) is 0 Å². The zero-order chi connectivity index (χ0) is 32.1. The van der Waals surface area contributed by atoms with E-state index in [9.17, 15) is 14.4 Å². The van der Waals surface area contributed by atoms with Gasteiger partial charge in [-0.2, -0.15) is 0 Å². The highest BCUT2D eigenvalue weighted by Crippen LogP contribution is 2.34. The Labute approximate surface area is 268 Å². The molecule has 1 aromatic heterocycles. The van der Waals surface area contributed by atoms with Gasteiger partial charge in [-0.25, -0.2) is 4.98 Å². The average Bonchev–Trinajstić information content (AvgIpc) is 3.60. The number of amides is 2. The van der Waals surface area contributed by atoms with Crippen LogP contribution in [0.15, 0.2) is 29.8 Å². The number of carbonyl (C=O) groups is 3. The zero-order valence-electron chi connectivity index (χ0n) is 27.7. The Hall–Kier alpha value is -2.62. The van der Waals surface area contributed by atoms with Crippen molar-refractivity contribution in [1.82, 2.24) is 15.2 Å². The molecule has 1 N–H and O–H groups in total. The van der Waals surface area contributed by atoms with Crippen LogP contribution in [0.4, 0.5) is 0 Å². The number of hydrogen-bond donors (Lipinski definition) is 1. The minimum atomic E-state index is -0.546. The van der Waals surface area contributed by atoms with Crippen LogP contribution in [0.1, 0.15) is 90.8 Å². The second-order valence-corrected chi connectivity index (χ2v) is 14.1. The maximum Gasteiger partial charge on any atom is 0.243 e. The van der Waals surface area contributed by atoms with Gasteiger partial charge in [0.2, 0.25) is 11.8 Å². The lowest BCUT2D eigenvalue weighted by Crippen LogP contribution is -2.50. The maximum atomic E-state index is 13.9. The molecule has 0 spiro atoms. The summed E-state index contributed by atoms with van der Waals surface area (Å²) in [7, 11) is 0. The molecule has 1 aliphatic heterocycles. The van der Waals surface area contributed by atoms with E-state index < -0.39 is 17.4 Å². The van der Waals surface area contributed by atoms with Crippen LogP contribution in [-0.4, -0.2) is 66.5 Å². The number of benzene rings is 1. The minimum absolute atomic E-state index is 0.0158. The number of hydrogen-bond acceptors (Lipinski definition) is 7. The quantitative estimate of drug-likeness (QED) is 0.187. The van der Waals surface area contributed by atoms with E-state index in [1.165, 1.54) is 19.3 Å². The fraction of sp³-hybridized carbons (Fsp3) is 0.657. The number of nitrogens with zero attached hydrogens (tertiary/aromatic N) is 2. The van der Waals surface area contributed by atoms with Gasteiger partial charge in [0.05, 0.1) is 16.1 Å². The van der Waals surface area contributed by atoms with Gasteiger partial charge >= 0.3 is 0 Å². The average molecular weight is 628 g/mol. The van der Waals surface area contributed by atoms with Crippen molar-refractivity contribution >= 4 is 28.9 Å². The Morgan fingerprint density at radius 2 is 1.75 bits per heavy atom. The number of Topliss-reactive ketones (excluding diaryl/α,β-unsaturated/α-hetero) is 1. The van der Waals surface area contributed by atoms with Crippen LogP contribution in [-0.2, 0) is 30.4 Å². The van der Waals surface area contributed by atoms with Gasteiger partial charge in [-0.05, 0) is 48.6 Å². The van der Waals surface area contributed by atoms with Gasteiger partial charge in [-0.3, -0.25) is 14.4 Å². The number of aryl methyl sites for hydroxylation is 1. The molecule has 1 aromatic carbocycles. The first-order chi connectivity index (χ1) is 21.0. The second-order valence-electron chi connectivity index (χ2n) is 13.3. The molecule has 3 rings (SSSR count). The lowest BCUT2D eigenvalue weighted by atomic mass is 9.77. The number of aromatic nitrogens is 1. The first kappa shape index (κ1) is 35.9. The number of ketones is 1. The number of unbranched alkanes of at least 4 members (excludes halogenated alkanes) is 3. The summed E-state index contributed by atoms with van der Waals surface area (Å²) in [4.78, 5) is 47.4. The molecule has 3 atom stereocenters. The number of ether oxygens (including phenoxy) is 2. The van der Waals surface area contributed by atoms with E-state index in [1.54, 1.807) is 16.2 Å². The van der Waals surface area contributed by atoms with Crippen LogP contribution in [0.5, 0.6) is 0 Å². The normalized spacial score (nSPS) is 17.5. The molecule has 0 aliphatic carbocycles. The lowest BCUT2D eigenvalue weighted by molar-refractivity contribution is -0.146. The van der Waals surface area contributed by atoms with E-state index in [2.05, 4.69) is 24.1 Å². The predicted molar refractivity (Wildman–Crippen MR) is 176 cm³/mol. The van der Waals surface area contributed by atoms with E-state index in [0.29, 0.717) is 32.7 Å². The molecule has 2 aromatic rings. The van der Waals surface area contributed by atoms with Gasteiger partial charge in [0.1, 0.15) is 12.6 Å². The van der Waals surface area contributed by atoms with E-state index in [4.69, 9.17) is 9.47 Å². The molecule has 1 saturated heterocycles. The number of thiazole rings is 1. The fourth-order valence-electron chi connectivity index (χ4n) is 5.63. The van der Waals surface area contributed by atoms with Crippen LogP contribution in [0.25, 0.3) is 10.4 Å². The van der Waals surface area contributed by atoms with Crippen molar-refractivity contribution in [3.8, 4) is 10.4 Å². The Bertz CT molecular complexity index is 1190. The highest BCUT2D eigenvalue weighted by molar-refractivity contribution is 7.13. The number of nitrogens with one attached hydrogen (secondary N) is 1. The first-order valence-corrected chi connectivity index (χ1v) is 17.1. The molecule has 2 amide bonds. The molecule has 8 nitrogen and oxygen atoms in total. The largest absolute Gasteiger partial charge is 0.381 e. The van der Waals surface area contributed by atoms with Gasteiger partial charge in [0.15, 0.2) is 5.78 Å². The van der Waals surface area contributed by atoms with Gasteiger partial charge in [-0.15, -0.1) is 11.3 Å². The summed E-state index contributed by atoms with van der Waals surface area (Å²) in [6, 6.07) is 7.58. The van der Waals surface area contributed by atoms with Crippen molar-refractivity contribution in [2.45, 2.75) is 99.1 Å². The number of likely N-dealkylation sites (tertiary alicyclic amines) is 1. The SMILES string of the molecule is CCCCCCOCCCOCC(=O)C[C@H](C(=O)N1C[C@H](C)C[C@H]1C(=O)NCc1ccc(-c2scnc2C)cc1)C(C)(C)C. The lowest BCUT2D eigenvalue weighted by Gasteiger charge is -2.34. The van der Waals surface area contributed by atoms with Crippen molar-refractivity contribution in [2.24, 2.45) is 17.3 Å². The molecule has 44 heavy (non-hydrogen) atoms. The van der Waals surface area contributed by atoms with Crippen molar-refractivity contribution in [3.05, 3.63) is 41.0 Å². The van der Waals surface area contributed by atoms with E-state index in [-0.39, 0.29) is 36.5 Å². The second kappa shape index (κ2) is 17.8. The molecule has 0 radical (unpaired) electrons. The molecule has 0 saturated carbocycles. The summed E-state index contributed by atoms with van der Waals surface area (Å²) < 4.78 is 11.3. The molecule has 0 unspecified atom stereocenters. The molecular formula is C35H53N3O5S. The summed E-state index contributed by atoms with van der Waals surface area (Å²) in [5.74, 6) is -0.710. The van der Waals surface area contributed by atoms with Crippen LogP contribution < -0.4 is 5.32 Å². The molecule has 2 heterocycles. The van der Waals surface area contributed by atoms with E-state index in [1.807, 2.05) is 57.5 Å². The third-order valence-electron chi connectivity index (χ3n) is 8.28. The van der Waals surface area contributed by atoms with Crippen LogP contribution >= 0.6 is 11.3 Å². The number of carbonyl (C=O) groups excluding carboxylic acids is 3. The molecular weight excluding hydrogens is 574 g/mol. The Balaban J connectivity index is 1.49. The molecule has 244 valence electrons. The highest BCUT2D eigenvalue weighted by atomic mass is 32.1. The van der Waals surface area contributed by atoms with Gasteiger partial charge in [0, 0.05) is 45.2 Å². The van der Waals surface area contributed by atoms with Gasteiger partial charge in [-0.1, -0.05) is 78.1 Å². The summed E-state index contributed by atoms with van der Waals surface area (Å²) in [5.41, 5.74) is 4.51. The summed E-state index contributed by atoms with van der Waals surface area (Å²) >= 11 is 1.61. The van der Waals surface area contributed by atoms with E-state index in [0.717, 1.165) is 41.1 Å². The monoisotopic (exact) mass is 627 g/mol. The standard InChI is InChI=1S/C35H53N3O5S/c1-7-8-9-10-16-42-17-11-18-43-23-29(39)20-30(35(4,5)6)34(41)38-22-25(2)19-31(38)33(40)36-21-27-12-14-28(15-13-27)32-26(3)37-24-44-32/h12-15,24-25,30-31H,7-11,16-23H2,1-6H3,(H,36,40)/t25-,30-,31+/m1/s1. The molecule has 1 aliphatic rings. The summed E-state index contributed by atoms with van der Waals surface area (Å²) in [5, 5.41) is 3.05. The van der Waals surface area contributed by atoms with Crippen molar-refractivity contribution in [2.75, 3.05) is 33.0 Å². The minimum Gasteiger partial charge on any atom is -0.381 e. The van der Waals surface area contributed by atoms with Gasteiger partial charge < -0.3 is 19.7 Å². The molecule has 1 fully saturated rings. The Kier molecular flexibility index (Phi) is 14.5. The predicted octanol–water partition coefficient (Wildman–Crippen LogP) is 6.60. The molecule has 9 heteroatoms.